The molecule has 1 rings (SSSR count). The summed E-state index contributed by atoms with van der Waals surface area (Å²) in [6.07, 6.45) is 0. The molecule has 0 unspecified atom stereocenters. The Kier molecular flexibility index (Phi) is 2.47. The van der Waals surface area contributed by atoms with Crippen LogP contribution in [0, 0.1) is 20.2 Å². The molecule has 72 valence electrons. The molecule has 0 heterocycles. The van der Waals surface area contributed by atoms with Crippen LogP contribution in [0.25, 0.3) is 5.53 Å². The molecule has 0 amide bonds. The fraction of sp³-hybridized carbons (Fsp3) is 0. The van der Waals surface area contributed by atoms with Gasteiger partial charge in [-0.25, -0.2) is 0 Å². The van der Waals surface area contributed by atoms with Crippen molar-refractivity contribution in [2.75, 3.05) is 0 Å². The highest BCUT2D eigenvalue weighted by Gasteiger charge is 2.17. The summed E-state index contributed by atoms with van der Waals surface area (Å²) in [4.78, 5) is 19.0. The number of hydrogen-bond acceptors (Lipinski definition) is 5. The molecular formula is C6H3N4O4-. The second kappa shape index (κ2) is 3.56. The number of nitro groups is 2. The maximum atomic E-state index is 10.4. The van der Waals surface area contributed by atoms with Gasteiger partial charge in [0.05, 0.1) is 15.9 Å². The molecule has 0 fully saturated rings. The minimum absolute atomic E-state index is 0.319. The van der Waals surface area contributed by atoms with Crippen LogP contribution in [0.5, 0.6) is 0 Å². The molecule has 0 atom stereocenters. The van der Waals surface area contributed by atoms with Gasteiger partial charge in [-0.1, -0.05) is 0 Å². The Bertz CT molecular complexity index is 416. The summed E-state index contributed by atoms with van der Waals surface area (Å²) >= 11 is 0. The first-order valence-corrected chi connectivity index (χ1v) is 3.34. The molecule has 0 aliphatic carbocycles. The molecule has 0 aromatic heterocycles. The molecule has 1 aromatic carbocycles. The zero-order valence-corrected chi connectivity index (χ0v) is 6.65. The van der Waals surface area contributed by atoms with Gasteiger partial charge >= 0.3 is 0 Å². The smallest absolute Gasteiger partial charge is 0.299 e. The molecule has 0 spiro atoms. The maximum Gasteiger partial charge on any atom is 0.299 e. The summed E-state index contributed by atoms with van der Waals surface area (Å²) in [5.41, 5.74) is 6.99. The molecule has 0 saturated carbocycles. The van der Waals surface area contributed by atoms with Crippen LogP contribution in [0.15, 0.2) is 23.3 Å². The van der Waals surface area contributed by atoms with Gasteiger partial charge in [-0.3, -0.25) is 20.2 Å². The third-order valence-electron chi connectivity index (χ3n) is 1.47. The van der Waals surface area contributed by atoms with Crippen LogP contribution >= 0.6 is 0 Å². The van der Waals surface area contributed by atoms with E-state index >= 15 is 0 Å². The van der Waals surface area contributed by atoms with Crippen molar-refractivity contribution >= 4 is 17.1 Å². The van der Waals surface area contributed by atoms with Crippen LogP contribution < -0.4 is 0 Å². The van der Waals surface area contributed by atoms with Gasteiger partial charge in [0, 0.05) is 6.07 Å². The molecular weight excluding hydrogens is 192 g/mol. The minimum atomic E-state index is -0.859. The summed E-state index contributed by atoms with van der Waals surface area (Å²) in [6.45, 7) is 0. The maximum absolute atomic E-state index is 10.4. The lowest BCUT2D eigenvalue weighted by Crippen LogP contribution is -1.92. The van der Waals surface area contributed by atoms with E-state index < -0.39 is 21.2 Å². The van der Waals surface area contributed by atoms with Gasteiger partial charge in [0.15, 0.2) is 0 Å². The Morgan fingerprint density at radius 3 is 2.29 bits per heavy atom. The fourth-order valence-electron chi connectivity index (χ4n) is 0.856. The highest BCUT2D eigenvalue weighted by atomic mass is 16.6. The lowest BCUT2D eigenvalue weighted by molar-refractivity contribution is -0.393. The number of hydrogen-bond donors (Lipinski definition) is 0. The molecule has 0 saturated heterocycles. The molecule has 8 heteroatoms. The van der Waals surface area contributed by atoms with Crippen LogP contribution in [0.2, 0.25) is 0 Å². The summed E-state index contributed by atoms with van der Waals surface area (Å²) in [5.74, 6) is 0. The van der Waals surface area contributed by atoms with Crippen LogP contribution in [0.4, 0.5) is 17.1 Å². The Hall–Kier alpha value is -2.38. The molecule has 0 aliphatic rings. The zero-order chi connectivity index (χ0) is 10.7. The summed E-state index contributed by atoms with van der Waals surface area (Å²) in [7, 11) is 0. The molecule has 0 N–H and O–H groups in total. The van der Waals surface area contributed by atoms with Crippen LogP contribution in [0.1, 0.15) is 0 Å². The molecule has 0 aliphatic heterocycles. The average Bonchev–Trinajstić information content (AvgIpc) is 2.16. The van der Waals surface area contributed by atoms with E-state index in [2.05, 4.69) is 5.11 Å². The van der Waals surface area contributed by atoms with E-state index in [1.54, 1.807) is 0 Å². The second-order valence-corrected chi connectivity index (χ2v) is 2.29. The first-order chi connectivity index (χ1) is 6.56. The molecule has 0 bridgehead atoms. The predicted molar refractivity (Wildman–Crippen MR) is 45.2 cm³/mol. The lowest BCUT2D eigenvalue weighted by Gasteiger charge is -1.98. The Balaban J connectivity index is 3.34. The van der Waals surface area contributed by atoms with Crippen molar-refractivity contribution in [2.24, 2.45) is 5.11 Å². The highest BCUT2D eigenvalue weighted by molar-refractivity contribution is 5.61. The quantitative estimate of drug-likeness (QED) is 0.416. The van der Waals surface area contributed by atoms with Crippen LogP contribution in [-0.4, -0.2) is 9.85 Å². The van der Waals surface area contributed by atoms with Crippen molar-refractivity contribution in [2.45, 2.75) is 0 Å². The Morgan fingerprint density at radius 2 is 1.86 bits per heavy atom. The lowest BCUT2D eigenvalue weighted by atomic mass is 10.2. The number of non-ortho nitro benzene ring substituents is 1. The second-order valence-electron chi connectivity index (χ2n) is 2.29. The van der Waals surface area contributed by atoms with E-state index in [1.807, 2.05) is 0 Å². The largest absolute Gasteiger partial charge is 0.706 e. The van der Waals surface area contributed by atoms with E-state index in [0.29, 0.717) is 0 Å². The van der Waals surface area contributed by atoms with E-state index in [9.17, 15) is 20.2 Å². The third kappa shape index (κ3) is 1.68. The van der Waals surface area contributed by atoms with Gasteiger partial charge in [-0.05, 0) is 6.07 Å². The predicted octanol–water partition coefficient (Wildman–Crippen LogP) is 2.16. The van der Waals surface area contributed by atoms with E-state index in [-0.39, 0.29) is 5.69 Å². The highest BCUT2D eigenvalue weighted by Crippen LogP contribution is 2.30. The van der Waals surface area contributed by atoms with Gasteiger partial charge in [0.1, 0.15) is 5.69 Å². The van der Waals surface area contributed by atoms with Crippen molar-refractivity contribution in [1.29, 1.82) is 0 Å². The Labute approximate surface area is 77.0 Å². The molecule has 1 aromatic rings. The minimum Gasteiger partial charge on any atom is -0.706 e. The van der Waals surface area contributed by atoms with E-state index in [0.717, 1.165) is 18.2 Å². The number of nitrogens with zero attached hydrogens (tertiary/aromatic N) is 4. The van der Waals surface area contributed by atoms with Gasteiger partial charge in [-0.15, -0.1) is 0 Å². The summed E-state index contributed by atoms with van der Waals surface area (Å²) < 4.78 is 0. The number of nitro benzene ring substituents is 2. The van der Waals surface area contributed by atoms with Crippen LogP contribution in [-0.2, 0) is 0 Å². The van der Waals surface area contributed by atoms with E-state index in [4.69, 9.17) is 5.53 Å². The third-order valence-corrected chi connectivity index (χ3v) is 1.47. The number of rotatable bonds is 3. The topological polar surface area (TPSA) is 121 Å². The zero-order valence-electron chi connectivity index (χ0n) is 6.65. The van der Waals surface area contributed by atoms with Crippen molar-refractivity contribution < 1.29 is 9.85 Å². The fourth-order valence-corrected chi connectivity index (χ4v) is 0.856. The van der Waals surface area contributed by atoms with Crippen molar-refractivity contribution in [3.05, 3.63) is 44.0 Å². The van der Waals surface area contributed by atoms with Crippen molar-refractivity contribution in [3.63, 3.8) is 0 Å². The van der Waals surface area contributed by atoms with Crippen molar-refractivity contribution in [1.82, 2.24) is 0 Å². The Morgan fingerprint density at radius 1 is 1.21 bits per heavy atom. The van der Waals surface area contributed by atoms with E-state index in [1.165, 1.54) is 0 Å². The van der Waals surface area contributed by atoms with Gasteiger partial charge in [0.2, 0.25) is 0 Å². The molecule has 14 heavy (non-hydrogen) atoms. The van der Waals surface area contributed by atoms with Gasteiger partial charge in [0.25, 0.3) is 11.4 Å². The van der Waals surface area contributed by atoms with Crippen LogP contribution in [0.3, 0.4) is 0 Å². The molecule has 8 nitrogen and oxygen atoms in total. The first-order valence-electron chi connectivity index (χ1n) is 3.34. The summed E-state index contributed by atoms with van der Waals surface area (Å²) in [6, 6.07) is 2.74. The average molecular weight is 195 g/mol. The SMILES string of the molecule is [N-]=Nc1ccc([N+](=O)[O-])cc1[N+](=O)[O-]. The molecule has 0 radical (unpaired) electrons. The first kappa shape index (κ1) is 9.71. The van der Waals surface area contributed by atoms with Crippen molar-refractivity contribution in [3.8, 4) is 0 Å². The normalized spacial score (nSPS) is 9.43. The monoisotopic (exact) mass is 195 g/mol. The standard InChI is InChI=1S/C6H3N4O4/c7-8-5-2-1-4(9(11)12)3-6(5)10(13)14/h1-3H/q-1. The summed E-state index contributed by atoms with van der Waals surface area (Å²) in [5, 5.41) is 23.3. The van der Waals surface area contributed by atoms with Gasteiger partial charge < -0.3 is 10.6 Å². The number of benzene rings is 1. The van der Waals surface area contributed by atoms with Gasteiger partial charge in [-0.2, -0.15) is 0 Å².